The number of hydrogen-bond donors (Lipinski definition) is 1. The summed E-state index contributed by atoms with van der Waals surface area (Å²) in [6.07, 6.45) is 5.45. The topological polar surface area (TPSA) is 71.0 Å². The van der Waals surface area contributed by atoms with Crippen molar-refractivity contribution in [3.63, 3.8) is 0 Å². The number of nitrogens with zero attached hydrogens (tertiary/aromatic N) is 3. The average molecular weight is 484 g/mol. The molecule has 5 nitrogen and oxygen atoms in total. The van der Waals surface area contributed by atoms with Gasteiger partial charge in [-0.25, -0.2) is 0 Å². The molecule has 0 aromatic heterocycles. The van der Waals surface area contributed by atoms with E-state index in [1.54, 1.807) is 6.92 Å². The second-order valence-corrected chi connectivity index (χ2v) is 9.43. The normalized spacial score (nSPS) is 22.4. The van der Waals surface area contributed by atoms with E-state index in [9.17, 15) is 4.79 Å². The van der Waals surface area contributed by atoms with Gasteiger partial charge < -0.3 is 10.6 Å². The van der Waals surface area contributed by atoms with Gasteiger partial charge in [-0.05, 0) is 71.3 Å². The Bertz CT molecular complexity index is 703. The Labute approximate surface area is 177 Å². The van der Waals surface area contributed by atoms with Gasteiger partial charge in [0.05, 0.1) is 12.1 Å². The maximum Gasteiger partial charge on any atom is 0.219 e. The van der Waals surface area contributed by atoms with Gasteiger partial charge in [-0.15, -0.1) is 0 Å². The Balaban J connectivity index is 2.27. The van der Waals surface area contributed by atoms with Crippen molar-refractivity contribution in [1.29, 1.82) is 0 Å². The highest BCUT2D eigenvalue weighted by Gasteiger charge is 2.26. The summed E-state index contributed by atoms with van der Waals surface area (Å²) in [4.78, 5) is 23.2. The van der Waals surface area contributed by atoms with E-state index in [-0.39, 0.29) is 11.3 Å². The van der Waals surface area contributed by atoms with Crippen LogP contribution in [0.3, 0.4) is 0 Å². The Morgan fingerprint density at radius 3 is 2.81 bits per heavy atom. The van der Waals surface area contributed by atoms with Gasteiger partial charge in [-0.2, -0.15) is 0 Å². The van der Waals surface area contributed by atoms with E-state index in [2.05, 4.69) is 61.4 Å². The lowest BCUT2D eigenvalue weighted by molar-refractivity contribution is -0.130. The van der Waals surface area contributed by atoms with Gasteiger partial charge in [0.25, 0.3) is 0 Å². The molecule has 0 unspecified atom stereocenters. The maximum absolute atomic E-state index is 11.8. The number of hydrogen-bond acceptors (Lipinski definition) is 3. The molecule has 2 aliphatic heterocycles. The highest BCUT2D eigenvalue weighted by atomic mass is 127. The molecular weight excluding hydrogens is 451 g/mol. The highest BCUT2D eigenvalue weighted by Crippen LogP contribution is 2.29. The van der Waals surface area contributed by atoms with Crippen molar-refractivity contribution in [1.82, 2.24) is 4.90 Å². The monoisotopic (exact) mass is 484 g/mol. The summed E-state index contributed by atoms with van der Waals surface area (Å²) in [6, 6.07) is 0. The molecule has 0 aliphatic carbocycles. The van der Waals surface area contributed by atoms with Gasteiger partial charge in [-0.3, -0.25) is 14.8 Å². The molecule has 2 aliphatic rings. The molecule has 6 heteroatoms. The van der Waals surface area contributed by atoms with Crippen LogP contribution in [0.4, 0.5) is 0 Å². The van der Waals surface area contributed by atoms with Crippen molar-refractivity contribution >= 4 is 38.1 Å². The van der Waals surface area contributed by atoms with E-state index >= 15 is 0 Å². The van der Waals surface area contributed by atoms with Crippen LogP contribution in [0.5, 0.6) is 0 Å². The summed E-state index contributed by atoms with van der Waals surface area (Å²) >= 11 is 2.27. The number of allylic oxidation sites excluding steroid dienone is 2. The summed E-state index contributed by atoms with van der Waals surface area (Å²) < 4.78 is 0.922. The van der Waals surface area contributed by atoms with Crippen LogP contribution in [0.2, 0.25) is 0 Å². The van der Waals surface area contributed by atoms with Crippen molar-refractivity contribution in [2.24, 2.45) is 27.1 Å². The van der Waals surface area contributed by atoms with Crippen LogP contribution in [0.25, 0.3) is 0 Å². The van der Waals surface area contributed by atoms with Crippen LogP contribution in [0.15, 0.2) is 32.8 Å². The number of carbonyl (C=O) groups is 1. The second kappa shape index (κ2) is 9.34. The van der Waals surface area contributed by atoms with Gasteiger partial charge >= 0.3 is 0 Å². The average Bonchev–Trinajstić information content (AvgIpc) is 2.78. The smallest absolute Gasteiger partial charge is 0.219 e. The number of carbonyl (C=O) groups excluding carboxylic acids is 1. The van der Waals surface area contributed by atoms with E-state index in [0.29, 0.717) is 24.8 Å². The highest BCUT2D eigenvalue weighted by molar-refractivity contribution is 14.1. The molecule has 2 heterocycles. The van der Waals surface area contributed by atoms with Gasteiger partial charge in [0.2, 0.25) is 5.91 Å². The molecule has 150 valence electrons. The van der Waals surface area contributed by atoms with E-state index in [0.717, 1.165) is 47.2 Å². The predicted octanol–water partition coefficient (Wildman–Crippen LogP) is 4.13. The lowest BCUT2D eigenvalue weighted by Crippen LogP contribution is -2.39. The van der Waals surface area contributed by atoms with E-state index in [1.165, 1.54) is 5.57 Å². The molecular formula is C21H33IN4O. The lowest BCUT2D eigenvalue weighted by Gasteiger charge is -2.33. The number of amides is 1. The Kier molecular flexibility index (Phi) is 7.65. The number of rotatable bonds is 5. The molecule has 1 atom stereocenters. The van der Waals surface area contributed by atoms with Gasteiger partial charge in [-0.1, -0.05) is 26.8 Å². The Hall–Kier alpha value is -1.18. The second-order valence-electron chi connectivity index (χ2n) is 8.41. The summed E-state index contributed by atoms with van der Waals surface area (Å²) in [5.74, 6) is 1.12. The molecule has 0 aromatic rings. The number of aliphatic imine (C=N–C) groups is 2. The zero-order chi connectivity index (χ0) is 20.2. The Morgan fingerprint density at radius 2 is 2.19 bits per heavy atom. The third-order valence-corrected chi connectivity index (χ3v) is 6.57. The first kappa shape index (κ1) is 22.1. The SMILES string of the molecule is CCC(C)(C)C/N=C(/N)C1=C(C)C=C([C@@H]2CCCN(C(C)=O)C2)CN=C1I. The van der Waals surface area contributed by atoms with Gasteiger partial charge in [0, 0.05) is 26.6 Å². The molecule has 0 spiro atoms. The van der Waals surface area contributed by atoms with Crippen molar-refractivity contribution < 1.29 is 4.79 Å². The molecule has 1 saturated heterocycles. The van der Waals surface area contributed by atoms with Crippen molar-refractivity contribution in [3.05, 3.63) is 22.8 Å². The fourth-order valence-corrected chi connectivity index (χ4v) is 4.28. The zero-order valence-corrected chi connectivity index (χ0v) is 19.5. The van der Waals surface area contributed by atoms with Crippen LogP contribution >= 0.6 is 22.6 Å². The zero-order valence-electron chi connectivity index (χ0n) is 17.3. The minimum absolute atomic E-state index is 0.144. The predicted molar refractivity (Wildman–Crippen MR) is 123 cm³/mol. The first-order valence-electron chi connectivity index (χ1n) is 9.82. The summed E-state index contributed by atoms with van der Waals surface area (Å²) in [5.41, 5.74) is 9.88. The minimum Gasteiger partial charge on any atom is -0.383 e. The molecule has 0 radical (unpaired) electrons. The molecule has 27 heavy (non-hydrogen) atoms. The van der Waals surface area contributed by atoms with Crippen LogP contribution in [0.1, 0.15) is 53.9 Å². The molecule has 2 N–H and O–H groups in total. The summed E-state index contributed by atoms with van der Waals surface area (Å²) in [7, 11) is 0. The van der Waals surface area contributed by atoms with Gasteiger partial charge in [0.15, 0.2) is 0 Å². The third-order valence-electron chi connectivity index (χ3n) is 5.68. The van der Waals surface area contributed by atoms with Crippen LogP contribution < -0.4 is 5.73 Å². The van der Waals surface area contributed by atoms with Crippen molar-refractivity contribution in [2.45, 2.75) is 53.9 Å². The number of piperidine rings is 1. The van der Waals surface area contributed by atoms with Gasteiger partial charge in [0.1, 0.15) is 9.55 Å². The van der Waals surface area contributed by atoms with Crippen LogP contribution in [0, 0.1) is 11.3 Å². The molecule has 0 bridgehead atoms. The summed E-state index contributed by atoms with van der Waals surface area (Å²) in [6.45, 7) is 13.4. The first-order chi connectivity index (χ1) is 12.6. The largest absolute Gasteiger partial charge is 0.383 e. The fraction of sp³-hybridized carbons (Fsp3) is 0.667. The number of amidine groups is 1. The van der Waals surface area contributed by atoms with Crippen LogP contribution in [-0.4, -0.2) is 46.5 Å². The quantitative estimate of drug-likeness (QED) is 0.362. The van der Waals surface area contributed by atoms with E-state index in [1.807, 2.05) is 4.90 Å². The standard InChI is InChI=1S/C21H33IN4O/c1-6-21(4,5)13-25-20(23)18-14(2)10-17(11-24-19(18)22)16-8-7-9-26(12-16)15(3)27/h10,16H,6-9,11-13H2,1-5H3,(H2,23,25)/t16-/m1/s1. The third kappa shape index (κ3) is 5.90. The molecule has 0 saturated carbocycles. The number of halogens is 1. The first-order valence-corrected chi connectivity index (χ1v) is 10.9. The summed E-state index contributed by atoms with van der Waals surface area (Å²) in [5, 5.41) is 0. The van der Waals surface area contributed by atoms with Crippen molar-refractivity contribution in [2.75, 3.05) is 26.2 Å². The van der Waals surface area contributed by atoms with E-state index in [4.69, 9.17) is 10.7 Å². The lowest BCUT2D eigenvalue weighted by atomic mass is 9.89. The minimum atomic E-state index is 0.144. The molecule has 1 amide bonds. The molecule has 1 fully saturated rings. The molecule has 0 aromatic carbocycles. The number of likely N-dealkylation sites (tertiary alicyclic amines) is 1. The van der Waals surface area contributed by atoms with Crippen LogP contribution in [-0.2, 0) is 4.79 Å². The fourth-order valence-electron chi connectivity index (χ4n) is 3.41. The Morgan fingerprint density at radius 1 is 1.48 bits per heavy atom. The van der Waals surface area contributed by atoms with Crippen molar-refractivity contribution in [3.8, 4) is 0 Å². The molecule has 2 rings (SSSR count). The van der Waals surface area contributed by atoms with E-state index < -0.39 is 0 Å². The maximum atomic E-state index is 11.8. The number of nitrogens with two attached hydrogens (primary N) is 1.